The molecule has 22 heavy (non-hydrogen) atoms. The maximum absolute atomic E-state index is 11.7. The lowest BCUT2D eigenvalue weighted by Crippen LogP contribution is -2.22. The molecule has 0 bridgehead atoms. The van der Waals surface area contributed by atoms with Gasteiger partial charge in [0.15, 0.2) is 0 Å². The number of carbonyl (C=O) groups excluding carboxylic acids is 1. The van der Waals surface area contributed by atoms with Crippen LogP contribution in [0.3, 0.4) is 0 Å². The predicted octanol–water partition coefficient (Wildman–Crippen LogP) is 1.43. The molecule has 0 saturated carbocycles. The van der Waals surface area contributed by atoms with E-state index in [1.165, 1.54) is 12.1 Å². The lowest BCUT2D eigenvalue weighted by atomic mass is 9.95. The monoisotopic (exact) mass is 317 g/mol. The zero-order valence-corrected chi connectivity index (χ0v) is 12.4. The van der Waals surface area contributed by atoms with Crippen LogP contribution in [0.1, 0.15) is 23.2 Å². The van der Waals surface area contributed by atoms with E-state index in [1.54, 1.807) is 12.1 Å². The fourth-order valence-corrected chi connectivity index (χ4v) is 3.08. The highest BCUT2D eigenvalue weighted by Gasteiger charge is 2.33. The summed E-state index contributed by atoms with van der Waals surface area (Å²) in [7, 11) is -3.72. The minimum absolute atomic E-state index is 0.0461. The van der Waals surface area contributed by atoms with E-state index in [4.69, 9.17) is 5.14 Å². The number of carbonyl (C=O) groups is 1. The fourth-order valence-electron chi connectivity index (χ4n) is 2.57. The van der Waals surface area contributed by atoms with E-state index in [9.17, 15) is 13.2 Å². The maximum atomic E-state index is 11.7. The first-order valence-electron chi connectivity index (χ1n) is 6.70. The summed E-state index contributed by atoms with van der Waals surface area (Å²) >= 11 is 0. The van der Waals surface area contributed by atoms with Crippen LogP contribution in [0, 0.1) is 0 Å². The van der Waals surface area contributed by atoms with Crippen LogP contribution in [-0.4, -0.2) is 14.4 Å². The van der Waals surface area contributed by atoms with Crippen LogP contribution in [0.4, 0.5) is 4.79 Å². The highest BCUT2D eigenvalue weighted by atomic mass is 32.2. The van der Waals surface area contributed by atoms with Crippen LogP contribution in [0.25, 0.3) is 0 Å². The fraction of sp³-hybridized carbons (Fsp3) is 0.133. The van der Waals surface area contributed by atoms with Crippen molar-refractivity contribution in [2.75, 3.05) is 0 Å². The summed E-state index contributed by atoms with van der Waals surface area (Å²) in [5.41, 5.74) is 1.78. The molecule has 2 amide bonds. The molecule has 1 fully saturated rings. The van der Waals surface area contributed by atoms with Gasteiger partial charge in [0, 0.05) is 0 Å². The van der Waals surface area contributed by atoms with E-state index in [-0.39, 0.29) is 23.0 Å². The van der Waals surface area contributed by atoms with E-state index >= 15 is 0 Å². The van der Waals surface area contributed by atoms with Crippen molar-refractivity contribution in [2.24, 2.45) is 5.14 Å². The van der Waals surface area contributed by atoms with Gasteiger partial charge in [-0.15, -0.1) is 0 Å². The van der Waals surface area contributed by atoms with Gasteiger partial charge in [-0.25, -0.2) is 18.4 Å². The smallest absolute Gasteiger partial charge is 0.315 e. The number of benzene rings is 2. The number of hydrogen-bond acceptors (Lipinski definition) is 3. The number of nitrogens with one attached hydrogen (secondary N) is 2. The third-order valence-corrected chi connectivity index (χ3v) is 4.56. The maximum Gasteiger partial charge on any atom is 0.315 e. The Labute approximate surface area is 128 Å². The van der Waals surface area contributed by atoms with Crippen molar-refractivity contribution >= 4 is 16.1 Å². The molecule has 0 aliphatic carbocycles. The van der Waals surface area contributed by atoms with Gasteiger partial charge >= 0.3 is 6.03 Å². The third kappa shape index (κ3) is 2.81. The molecule has 0 radical (unpaired) electrons. The highest BCUT2D eigenvalue weighted by molar-refractivity contribution is 7.89. The second-order valence-electron chi connectivity index (χ2n) is 5.10. The highest BCUT2D eigenvalue weighted by Crippen LogP contribution is 2.32. The van der Waals surface area contributed by atoms with Gasteiger partial charge in [-0.3, -0.25) is 0 Å². The lowest BCUT2D eigenvalue weighted by Gasteiger charge is -2.19. The average molecular weight is 317 g/mol. The topological polar surface area (TPSA) is 101 Å². The van der Waals surface area contributed by atoms with Crippen molar-refractivity contribution in [1.29, 1.82) is 0 Å². The van der Waals surface area contributed by atoms with Crippen LogP contribution in [-0.2, 0) is 10.0 Å². The molecule has 3 rings (SSSR count). The van der Waals surface area contributed by atoms with E-state index in [1.807, 2.05) is 30.3 Å². The zero-order chi connectivity index (χ0) is 15.7. The molecule has 2 unspecified atom stereocenters. The minimum atomic E-state index is -3.72. The summed E-state index contributed by atoms with van der Waals surface area (Å²) in [4.78, 5) is 11.7. The number of rotatable bonds is 3. The Morgan fingerprint density at radius 1 is 0.818 bits per heavy atom. The molecule has 7 heteroatoms. The van der Waals surface area contributed by atoms with Crippen molar-refractivity contribution in [3.05, 3.63) is 65.7 Å². The van der Waals surface area contributed by atoms with Gasteiger partial charge in [-0.1, -0.05) is 42.5 Å². The summed E-state index contributed by atoms with van der Waals surface area (Å²) in [6.45, 7) is 0. The number of urea groups is 1. The minimum Gasteiger partial charge on any atom is -0.329 e. The van der Waals surface area contributed by atoms with Crippen molar-refractivity contribution in [1.82, 2.24) is 10.6 Å². The molecular weight excluding hydrogens is 302 g/mol. The van der Waals surface area contributed by atoms with Crippen LogP contribution < -0.4 is 15.8 Å². The SMILES string of the molecule is NS(=O)(=O)c1ccc(C2NC(=O)NC2c2ccccc2)cc1. The van der Waals surface area contributed by atoms with Crippen LogP contribution >= 0.6 is 0 Å². The molecule has 6 nitrogen and oxygen atoms in total. The van der Waals surface area contributed by atoms with E-state index < -0.39 is 10.0 Å². The second-order valence-corrected chi connectivity index (χ2v) is 6.66. The van der Waals surface area contributed by atoms with E-state index in [0.717, 1.165) is 11.1 Å². The van der Waals surface area contributed by atoms with Gasteiger partial charge in [-0.05, 0) is 23.3 Å². The first-order valence-corrected chi connectivity index (χ1v) is 8.24. The average Bonchev–Trinajstić information content (AvgIpc) is 2.89. The van der Waals surface area contributed by atoms with Gasteiger partial charge < -0.3 is 10.6 Å². The van der Waals surface area contributed by atoms with Crippen molar-refractivity contribution < 1.29 is 13.2 Å². The van der Waals surface area contributed by atoms with E-state index in [0.29, 0.717) is 0 Å². The zero-order valence-electron chi connectivity index (χ0n) is 11.6. The van der Waals surface area contributed by atoms with Crippen LogP contribution in [0.5, 0.6) is 0 Å². The molecule has 1 aliphatic heterocycles. The molecule has 2 aromatic carbocycles. The Kier molecular flexibility index (Phi) is 3.59. The Balaban J connectivity index is 1.94. The first-order chi connectivity index (χ1) is 10.4. The van der Waals surface area contributed by atoms with Gasteiger partial charge in [0.05, 0.1) is 17.0 Å². The van der Waals surface area contributed by atoms with Gasteiger partial charge in [0.25, 0.3) is 0 Å². The molecule has 0 aromatic heterocycles. The molecule has 1 saturated heterocycles. The molecular formula is C15H15N3O3S. The second kappa shape index (κ2) is 5.43. The summed E-state index contributed by atoms with van der Waals surface area (Å²) in [6, 6.07) is 15.0. The summed E-state index contributed by atoms with van der Waals surface area (Å²) < 4.78 is 22.6. The van der Waals surface area contributed by atoms with Gasteiger partial charge in [0.2, 0.25) is 10.0 Å². The lowest BCUT2D eigenvalue weighted by molar-refractivity contribution is 0.247. The van der Waals surface area contributed by atoms with Crippen molar-refractivity contribution in [2.45, 2.75) is 17.0 Å². The number of sulfonamides is 1. The summed E-state index contributed by atoms with van der Waals surface area (Å²) in [5.74, 6) is 0. The number of hydrogen-bond donors (Lipinski definition) is 3. The van der Waals surface area contributed by atoms with Gasteiger partial charge in [0.1, 0.15) is 0 Å². The van der Waals surface area contributed by atoms with Crippen LogP contribution in [0.15, 0.2) is 59.5 Å². The Bertz CT molecular complexity index is 789. The first kappa shape index (κ1) is 14.6. The van der Waals surface area contributed by atoms with Crippen LogP contribution in [0.2, 0.25) is 0 Å². The Morgan fingerprint density at radius 2 is 1.32 bits per heavy atom. The normalized spacial score (nSPS) is 21.2. The number of primary sulfonamides is 1. The third-order valence-electron chi connectivity index (χ3n) is 3.63. The van der Waals surface area contributed by atoms with Crippen molar-refractivity contribution in [3.63, 3.8) is 0 Å². The largest absolute Gasteiger partial charge is 0.329 e. The number of nitrogens with two attached hydrogens (primary N) is 1. The summed E-state index contributed by atoms with van der Waals surface area (Å²) in [6.07, 6.45) is 0. The summed E-state index contributed by atoms with van der Waals surface area (Å²) in [5, 5.41) is 10.8. The molecule has 4 N–H and O–H groups in total. The molecule has 1 heterocycles. The molecule has 0 spiro atoms. The Hall–Kier alpha value is -2.38. The predicted molar refractivity (Wildman–Crippen MR) is 81.4 cm³/mol. The van der Waals surface area contributed by atoms with E-state index in [2.05, 4.69) is 10.6 Å². The Morgan fingerprint density at radius 3 is 1.82 bits per heavy atom. The molecule has 2 atom stereocenters. The molecule has 114 valence electrons. The molecule has 1 aliphatic rings. The quantitative estimate of drug-likeness (QED) is 0.798. The van der Waals surface area contributed by atoms with Gasteiger partial charge in [-0.2, -0.15) is 0 Å². The molecule has 2 aromatic rings. The van der Waals surface area contributed by atoms with Crippen molar-refractivity contribution in [3.8, 4) is 0 Å². The number of amides is 2. The standard InChI is InChI=1S/C15H15N3O3S/c16-22(20,21)12-8-6-11(7-9-12)14-13(17-15(19)18-14)10-4-2-1-3-5-10/h1-9,13-14H,(H2,16,20,21)(H2,17,18,19).